The largest absolute Gasteiger partial charge is 0.322 e. The highest BCUT2D eigenvalue weighted by Gasteiger charge is 2.23. The quantitative estimate of drug-likeness (QED) is 0.599. The first-order valence-corrected chi connectivity index (χ1v) is 9.58. The molecule has 9 heteroatoms. The van der Waals surface area contributed by atoms with Crippen molar-refractivity contribution >= 4 is 27.3 Å². The van der Waals surface area contributed by atoms with Crippen LogP contribution in [0.4, 0.5) is 11.4 Å². The molecule has 0 unspecified atom stereocenters. The molecule has 0 atom stereocenters. The van der Waals surface area contributed by atoms with Crippen LogP contribution in [-0.4, -0.2) is 24.8 Å². The van der Waals surface area contributed by atoms with Gasteiger partial charge in [-0.3, -0.25) is 14.9 Å². The van der Waals surface area contributed by atoms with Gasteiger partial charge in [-0.05, 0) is 52.0 Å². The zero-order chi connectivity index (χ0) is 20.4. The highest BCUT2D eigenvalue weighted by atomic mass is 32.2. The van der Waals surface area contributed by atoms with E-state index in [2.05, 4.69) is 10.0 Å². The molecule has 0 saturated heterocycles. The van der Waals surface area contributed by atoms with Crippen LogP contribution in [0.15, 0.2) is 47.4 Å². The van der Waals surface area contributed by atoms with Gasteiger partial charge in [0.15, 0.2) is 0 Å². The second kappa shape index (κ2) is 7.45. The van der Waals surface area contributed by atoms with E-state index in [1.807, 2.05) is 0 Å². The summed E-state index contributed by atoms with van der Waals surface area (Å²) in [5.41, 5.74) is -0.169. The van der Waals surface area contributed by atoms with Crippen LogP contribution < -0.4 is 10.0 Å². The number of nitro benzene ring substituents is 1. The van der Waals surface area contributed by atoms with Gasteiger partial charge in [0.05, 0.1) is 9.82 Å². The van der Waals surface area contributed by atoms with Crippen molar-refractivity contribution in [2.75, 3.05) is 5.32 Å². The molecule has 0 heterocycles. The number of carbonyl (C=O) groups is 1. The van der Waals surface area contributed by atoms with Crippen LogP contribution in [-0.2, 0) is 10.0 Å². The normalized spacial score (nSPS) is 11.9. The predicted octanol–water partition coefficient (Wildman–Crippen LogP) is 3.23. The second-order valence-corrected chi connectivity index (χ2v) is 8.73. The number of nitrogens with one attached hydrogen (secondary N) is 2. The van der Waals surface area contributed by atoms with Gasteiger partial charge in [-0.25, -0.2) is 13.1 Å². The van der Waals surface area contributed by atoms with Crippen molar-refractivity contribution in [1.82, 2.24) is 4.72 Å². The van der Waals surface area contributed by atoms with Crippen molar-refractivity contribution in [3.8, 4) is 0 Å². The number of hydrogen-bond donors (Lipinski definition) is 2. The fourth-order valence-corrected chi connectivity index (χ4v) is 3.93. The summed E-state index contributed by atoms with van der Waals surface area (Å²) in [6, 6.07) is 10.0. The van der Waals surface area contributed by atoms with Gasteiger partial charge in [0.2, 0.25) is 10.0 Å². The standard InChI is InChI=1S/C18H21N3O5S/c1-12-15(9-6-10-16(12)21(23)24)17(22)19-13-7-5-8-14(11-13)27(25,26)20-18(2,3)4/h5-11,20H,1-4H3,(H,19,22). The van der Waals surface area contributed by atoms with Crippen LogP contribution in [0.3, 0.4) is 0 Å². The second-order valence-electron chi connectivity index (χ2n) is 7.04. The van der Waals surface area contributed by atoms with Gasteiger partial charge in [-0.2, -0.15) is 0 Å². The summed E-state index contributed by atoms with van der Waals surface area (Å²) < 4.78 is 27.4. The van der Waals surface area contributed by atoms with Crippen molar-refractivity contribution in [1.29, 1.82) is 0 Å². The van der Waals surface area contributed by atoms with E-state index in [1.165, 1.54) is 43.3 Å². The molecular weight excluding hydrogens is 370 g/mol. The Kier molecular flexibility index (Phi) is 5.67. The Morgan fingerprint density at radius 1 is 1.11 bits per heavy atom. The third-order valence-corrected chi connectivity index (χ3v) is 5.34. The zero-order valence-electron chi connectivity index (χ0n) is 15.4. The smallest absolute Gasteiger partial charge is 0.273 e. The summed E-state index contributed by atoms with van der Waals surface area (Å²) >= 11 is 0. The van der Waals surface area contributed by atoms with Crippen molar-refractivity contribution in [3.05, 3.63) is 63.7 Å². The summed E-state index contributed by atoms with van der Waals surface area (Å²) in [5, 5.41) is 13.6. The molecule has 0 aliphatic carbocycles. The Hall–Kier alpha value is -2.78. The van der Waals surface area contributed by atoms with E-state index in [0.29, 0.717) is 0 Å². The number of hydrogen-bond acceptors (Lipinski definition) is 5. The number of nitro groups is 1. The molecule has 2 aromatic carbocycles. The maximum absolute atomic E-state index is 12.5. The molecular formula is C18H21N3O5S. The molecule has 144 valence electrons. The SMILES string of the molecule is Cc1c(C(=O)Nc2cccc(S(=O)(=O)NC(C)(C)C)c2)cccc1[N+](=O)[O-]. The average molecular weight is 391 g/mol. The van der Waals surface area contributed by atoms with Crippen molar-refractivity contribution in [2.24, 2.45) is 0 Å². The third-order valence-electron chi connectivity index (χ3n) is 3.59. The molecule has 1 amide bonds. The van der Waals surface area contributed by atoms with Crippen LogP contribution in [0.25, 0.3) is 0 Å². The van der Waals surface area contributed by atoms with Gasteiger partial charge < -0.3 is 5.32 Å². The van der Waals surface area contributed by atoms with E-state index in [9.17, 15) is 23.3 Å². The van der Waals surface area contributed by atoms with Gasteiger partial charge in [-0.15, -0.1) is 0 Å². The fourth-order valence-electron chi connectivity index (χ4n) is 2.47. The monoisotopic (exact) mass is 391 g/mol. The maximum atomic E-state index is 12.5. The van der Waals surface area contributed by atoms with Crippen LogP contribution in [0.5, 0.6) is 0 Å². The lowest BCUT2D eigenvalue weighted by molar-refractivity contribution is -0.385. The minimum absolute atomic E-state index is 0.00555. The first kappa shape index (κ1) is 20.5. The highest BCUT2D eigenvalue weighted by molar-refractivity contribution is 7.89. The number of anilines is 1. The van der Waals surface area contributed by atoms with Crippen molar-refractivity contribution in [3.63, 3.8) is 0 Å². The van der Waals surface area contributed by atoms with E-state index >= 15 is 0 Å². The topological polar surface area (TPSA) is 118 Å². The molecule has 0 aliphatic heterocycles. The van der Waals surface area contributed by atoms with Crippen LogP contribution in [0, 0.1) is 17.0 Å². The lowest BCUT2D eigenvalue weighted by Crippen LogP contribution is -2.40. The molecule has 0 aliphatic rings. The summed E-state index contributed by atoms with van der Waals surface area (Å²) in [6.07, 6.45) is 0. The molecule has 2 rings (SSSR count). The highest BCUT2D eigenvalue weighted by Crippen LogP contribution is 2.23. The molecule has 27 heavy (non-hydrogen) atoms. The summed E-state index contributed by atoms with van der Waals surface area (Å²) in [7, 11) is -3.76. The van der Waals surface area contributed by atoms with Crippen LogP contribution in [0.2, 0.25) is 0 Å². The third kappa shape index (κ3) is 5.11. The molecule has 8 nitrogen and oxygen atoms in total. The van der Waals surface area contributed by atoms with Gasteiger partial charge in [0, 0.05) is 28.4 Å². The van der Waals surface area contributed by atoms with Crippen LogP contribution >= 0.6 is 0 Å². The average Bonchev–Trinajstić information content (AvgIpc) is 2.52. The first-order valence-electron chi connectivity index (χ1n) is 8.10. The number of benzene rings is 2. The Balaban J connectivity index is 2.31. The number of nitrogens with zero attached hydrogens (tertiary/aromatic N) is 1. The Morgan fingerprint density at radius 3 is 2.33 bits per heavy atom. The molecule has 2 aromatic rings. The first-order chi connectivity index (χ1) is 12.4. The molecule has 2 N–H and O–H groups in total. The number of carbonyl (C=O) groups excluding carboxylic acids is 1. The minimum Gasteiger partial charge on any atom is -0.322 e. The molecule has 0 radical (unpaired) electrons. The molecule has 0 fully saturated rings. The summed E-state index contributed by atoms with van der Waals surface area (Å²) in [4.78, 5) is 23.0. The van der Waals surface area contributed by atoms with E-state index in [1.54, 1.807) is 26.8 Å². The van der Waals surface area contributed by atoms with E-state index in [0.717, 1.165) is 0 Å². The molecule has 0 saturated carbocycles. The Labute approximate surface area is 157 Å². The number of amides is 1. The lowest BCUT2D eigenvalue weighted by Gasteiger charge is -2.20. The van der Waals surface area contributed by atoms with Crippen LogP contribution in [0.1, 0.15) is 36.7 Å². The van der Waals surface area contributed by atoms with Crippen molar-refractivity contribution < 1.29 is 18.1 Å². The van der Waals surface area contributed by atoms with Gasteiger partial charge in [-0.1, -0.05) is 12.1 Å². The van der Waals surface area contributed by atoms with E-state index < -0.39 is 26.4 Å². The zero-order valence-corrected chi connectivity index (χ0v) is 16.3. The van der Waals surface area contributed by atoms with Crippen molar-refractivity contribution in [2.45, 2.75) is 38.1 Å². The lowest BCUT2D eigenvalue weighted by atomic mass is 10.1. The maximum Gasteiger partial charge on any atom is 0.273 e. The molecule has 0 bridgehead atoms. The minimum atomic E-state index is -3.76. The Bertz CT molecular complexity index is 994. The van der Waals surface area contributed by atoms with Gasteiger partial charge >= 0.3 is 0 Å². The number of rotatable bonds is 5. The Morgan fingerprint density at radius 2 is 1.74 bits per heavy atom. The molecule has 0 spiro atoms. The summed E-state index contributed by atoms with van der Waals surface area (Å²) in [6.45, 7) is 6.66. The van der Waals surface area contributed by atoms with E-state index in [-0.39, 0.29) is 27.4 Å². The summed E-state index contributed by atoms with van der Waals surface area (Å²) in [5.74, 6) is -0.561. The predicted molar refractivity (Wildman–Crippen MR) is 102 cm³/mol. The van der Waals surface area contributed by atoms with Gasteiger partial charge in [0.1, 0.15) is 0 Å². The number of sulfonamides is 1. The van der Waals surface area contributed by atoms with Gasteiger partial charge in [0.25, 0.3) is 11.6 Å². The fraction of sp³-hybridized carbons (Fsp3) is 0.278. The van der Waals surface area contributed by atoms with E-state index in [4.69, 9.17) is 0 Å². The molecule has 0 aromatic heterocycles.